The van der Waals surface area contributed by atoms with E-state index in [0.717, 1.165) is 30.6 Å². The number of nitrogens with zero attached hydrogens (tertiary/aromatic N) is 3. The third-order valence-corrected chi connectivity index (χ3v) is 6.13. The first-order chi connectivity index (χ1) is 15.9. The number of carboxylic acids is 1. The number of rotatable bonds is 3. The summed E-state index contributed by atoms with van der Waals surface area (Å²) in [7, 11) is 2.03. The van der Waals surface area contributed by atoms with E-state index in [4.69, 9.17) is 0 Å². The van der Waals surface area contributed by atoms with Crippen molar-refractivity contribution in [2.24, 2.45) is 0 Å². The Balaban J connectivity index is 0.000000196. The van der Waals surface area contributed by atoms with Crippen LogP contribution in [0.5, 0.6) is 0 Å². The lowest BCUT2D eigenvalue weighted by Gasteiger charge is -2.27. The van der Waals surface area contributed by atoms with Crippen LogP contribution >= 0.6 is 0 Å². The van der Waals surface area contributed by atoms with Gasteiger partial charge in [-0.05, 0) is 86.3 Å². The number of aryl methyl sites for hydroxylation is 3. The summed E-state index contributed by atoms with van der Waals surface area (Å²) in [6, 6.07) is 16.9. The monoisotopic (exact) mass is 441 g/mol. The molecule has 0 amide bonds. The Kier molecular flexibility index (Phi) is 6.27. The van der Waals surface area contributed by atoms with E-state index < -0.39 is 5.97 Å². The molecule has 1 N–H and O–H groups in total. The predicted octanol–water partition coefficient (Wildman–Crippen LogP) is 4.95. The lowest BCUT2D eigenvalue weighted by Crippen LogP contribution is -2.25. The predicted molar refractivity (Wildman–Crippen MR) is 130 cm³/mol. The van der Waals surface area contributed by atoms with E-state index in [1.807, 2.05) is 19.2 Å². The molecule has 0 saturated carbocycles. The van der Waals surface area contributed by atoms with Crippen molar-refractivity contribution in [2.45, 2.75) is 26.7 Å². The van der Waals surface area contributed by atoms with Gasteiger partial charge in [-0.15, -0.1) is 0 Å². The maximum Gasteiger partial charge on any atom is 0.338 e. The van der Waals surface area contributed by atoms with Crippen LogP contribution in [0.1, 0.15) is 49.7 Å². The molecule has 5 rings (SSSR count). The Morgan fingerprint density at radius 3 is 2.61 bits per heavy atom. The molecule has 1 aromatic carbocycles. The topological polar surface area (TPSA) is 74.9 Å². The van der Waals surface area contributed by atoms with E-state index in [1.165, 1.54) is 35.1 Å². The summed E-state index contributed by atoms with van der Waals surface area (Å²) in [5, 5.41) is 9.19. The fourth-order valence-electron chi connectivity index (χ4n) is 4.22. The minimum absolute atomic E-state index is 0.0147. The highest BCUT2D eigenvalue weighted by Gasteiger charge is 2.21. The molecule has 33 heavy (non-hydrogen) atoms. The lowest BCUT2D eigenvalue weighted by molar-refractivity contribution is 0.0692. The van der Waals surface area contributed by atoms with Crippen molar-refractivity contribution in [1.29, 1.82) is 0 Å². The number of aromatic nitrogens is 2. The second kappa shape index (κ2) is 9.28. The highest BCUT2D eigenvalue weighted by molar-refractivity contribution is 6.13. The van der Waals surface area contributed by atoms with Gasteiger partial charge in [0.2, 0.25) is 5.78 Å². The molecule has 3 aromatic heterocycles. The van der Waals surface area contributed by atoms with Crippen molar-refractivity contribution >= 4 is 23.0 Å². The minimum Gasteiger partial charge on any atom is -0.478 e. The molecule has 0 atom stereocenters. The fraction of sp³-hybridized carbons (Fsp3) is 0.222. The van der Waals surface area contributed by atoms with Gasteiger partial charge in [-0.2, -0.15) is 0 Å². The molecule has 4 heterocycles. The number of carboxylic acid groups (broad SMARTS) is 1. The number of carbonyl (C=O) groups excluding carboxylic acids is 1. The van der Waals surface area contributed by atoms with Crippen LogP contribution in [0.2, 0.25) is 0 Å². The van der Waals surface area contributed by atoms with Gasteiger partial charge in [-0.3, -0.25) is 9.78 Å². The van der Waals surface area contributed by atoms with E-state index in [-0.39, 0.29) is 17.0 Å². The number of benzene rings is 1. The number of ketones is 1. The summed E-state index contributed by atoms with van der Waals surface area (Å²) >= 11 is 0. The van der Waals surface area contributed by atoms with Crippen LogP contribution in [0.25, 0.3) is 5.52 Å². The van der Waals surface area contributed by atoms with Crippen molar-refractivity contribution in [3.05, 3.63) is 101 Å². The van der Waals surface area contributed by atoms with E-state index in [2.05, 4.69) is 58.6 Å². The maximum absolute atomic E-state index is 12.6. The Hall–Kier alpha value is -3.93. The number of fused-ring (bicyclic) bond motifs is 2. The molecule has 0 spiro atoms. The minimum atomic E-state index is -1.14. The molecule has 6 heteroatoms. The van der Waals surface area contributed by atoms with Gasteiger partial charge in [0, 0.05) is 48.4 Å². The van der Waals surface area contributed by atoms with Crippen LogP contribution in [-0.2, 0) is 6.42 Å². The van der Waals surface area contributed by atoms with Crippen molar-refractivity contribution in [2.75, 3.05) is 18.5 Å². The highest BCUT2D eigenvalue weighted by atomic mass is 16.4. The van der Waals surface area contributed by atoms with Crippen molar-refractivity contribution in [3.63, 3.8) is 0 Å². The quantitative estimate of drug-likeness (QED) is 0.456. The largest absolute Gasteiger partial charge is 0.478 e. The number of aromatic carboxylic acids is 1. The average molecular weight is 442 g/mol. The van der Waals surface area contributed by atoms with Crippen molar-refractivity contribution in [3.8, 4) is 0 Å². The molecule has 1 aliphatic heterocycles. The summed E-state index contributed by atoms with van der Waals surface area (Å²) in [4.78, 5) is 30.0. The first-order valence-corrected chi connectivity index (χ1v) is 11.0. The van der Waals surface area contributed by atoms with Crippen LogP contribution in [0.3, 0.4) is 0 Å². The molecule has 0 radical (unpaired) electrons. The molecule has 4 aromatic rings. The molecule has 0 fully saturated rings. The van der Waals surface area contributed by atoms with Crippen LogP contribution in [0.15, 0.2) is 67.0 Å². The molecular weight excluding hydrogens is 414 g/mol. The number of pyridine rings is 2. The summed E-state index contributed by atoms with van der Waals surface area (Å²) in [6.45, 7) is 5.29. The van der Waals surface area contributed by atoms with Crippen LogP contribution in [0, 0.1) is 13.8 Å². The Labute approximate surface area is 193 Å². The van der Waals surface area contributed by atoms with Gasteiger partial charge in [0.25, 0.3) is 0 Å². The van der Waals surface area contributed by atoms with E-state index >= 15 is 0 Å². The van der Waals surface area contributed by atoms with Gasteiger partial charge < -0.3 is 14.4 Å². The van der Waals surface area contributed by atoms with Gasteiger partial charge in [0.1, 0.15) is 5.69 Å². The van der Waals surface area contributed by atoms with Crippen LogP contribution in [0.4, 0.5) is 5.69 Å². The van der Waals surface area contributed by atoms with Gasteiger partial charge in [-0.25, -0.2) is 4.79 Å². The Morgan fingerprint density at radius 2 is 1.85 bits per heavy atom. The van der Waals surface area contributed by atoms with Crippen LogP contribution < -0.4 is 4.90 Å². The highest BCUT2D eigenvalue weighted by Crippen LogP contribution is 2.27. The maximum atomic E-state index is 12.6. The van der Waals surface area contributed by atoms with Gasteiger partial charge >= 0.3 is 5.97 Å². The Bertz CT molecular complexity index is 1340. The zero-order chi connectivity index (χ0) is 23.5. The van der Waals surface area contributed by atoms with Gasteiger partial charge in [0.05, 0.1) is 5.56 Å². The average Bonchev–Trinajstić information content (AvgIpc) is 3.12. The summed E-state index contributed by atoms with van der Waals surface area (Å²) in [6.07, 6.45) is 5.50. The summed E-state index contributed by atoms with van der Waals surface area (Å²) in [5.41, 5.74) is 6.62. The molecule has 0 bridgehead atoms. The first-order valence-electron chi connectivity index (χ1n) is 11.0. The number of anilines is 1. The van der Waals surface area contributed by atoms with Gasteiger partial charge in [-0.1, -0.05) is 6.07 Å². The zero-order valence-corrected chi connectivity index (χ0v) is 19.1. The van der Waals surface area contributed by atoms with E-state index in [0.29, 0.717) is 5.56 Å². The zero-order valence-electron chi connectivity index (χ0n) is 19.1. The fourth-order valence-corrected chi connectivity index (χ4v) is 4.22. The summed E-state index contributed by atoms with van der Waals surface area (Å²) in [5.74, 6) is -1.50. The molecule has 168 valence electrons. The normalized spacial score (nSPS) is 12.6. The molecule has 0 saturated heterocycles. The molecule has 0 aliphatic carbocycles. The molecule has 1 aliphatic rings. The van der Waals surface area contributed by atoms with Crippen molar-refractivity contribution in [1.82, 2.24) is 9.38 Å². The first kappa shape index (κ1) is 22.3. The van der Waals surface area contributed by atoms with E-state index in [1.54, 1.807) is 6.07 Å². The standard InChI is InChI=1S/C17H16N2O3.C10H11N/c1-19-9-3-4-11-10-12(6-7-14(11)19)16(20)15-13(17(21)22)5-2-8-18-15;1-8-7-10-5-3-4-6-11(10)9(8)2/h2,5-8,10H,3-4,9H2,1H3,(H,21,22);3-7H,1-2H3. The summed E-state index contributed by atoms with van der Waals surface area (Å²) < 4.78 is 2.20. The Morgan fingerprint density at radius 1 is 1.03 bits per heavy atom. The number of hydrogen-bond acceptors (Lipinski definition) is 4. The van der Waals surface area contributed by atoms with Gasteiger partial charge in [0.15, 0.2) is 0 Å². The van der Waals surface area contributed by atoms with Crippen LogP contribution in [-0.4, -0.2) is 39.8 Å². The molecule has 0 unspecified atom stereocenters. The second-order valence-electron chi connectivity index (χ2n) is 8.31. The van der Waals surface area contributed by atoms with Crippen molar-refractivity contribution < 1.29 is 14.7 Å². The van der Waals surface area contributed by atoms with E-state index in [9.17, 15) is 14.7 Å². The molecular formula is C27H27N3O3. The molecule has 6 nitrogen and oxygen atoms in total. The number of carbonyl (C=O) groups is 2. The SMILES string of the molecule is CN1CCCc2cc(C(=O)c3ncccc3C(=O)O)ccc21.Cc1cc2ccccn2c1C. The smallest absolute Gasteiger partial charge is 0.338 e. The third kappa shape index (κ3) is 4.51. The lowest BCUT2D eigenvalue weighted by atomic mass is 9.96. The third-order valence-electron chi connectivity index (χ3n) is 6.13. The number of hydrogen-bond donors (Lipinski definition) is 1. The second-order valence-corrected chi connectivity index (χ2v) is 8.31.